The molecule has 0 aromatic heterocycles. The van der Waals surface area contributed by atoms with Gasteiger partial charge in [-0.15, -0.1) is 0 Å². The predicted octanol–water partition coefficient (Wildman–Crippen LogP) is 5.17. The number of nitrogens with one attached hydrogen (secondary N) is 2. The van der Waals surface area contributed by atoms with Crippen molar-refractivity contribution in [3.05, 3.63) is 89.2 Å². The van der Waals surface area contributed by atoms with Gasteiger partial charge in [0.1, 0.15) is 12.4 Å². The second kappa shape index (κ2) is 10.8. The quantitative estimate of drug-likeness (QED) is 0.370. The van der Waals surface area contributed by atoms with Crippen LogP contribution in [0.2, 0.25) is 0 Å². The summed E-state index contributed by atoms with van der Waals surface area (Å²) < 4.78 is 18.9. The van der Waals surface area contributed by atoms with E-state index >= 15 is 0 Å². The Kier molecular flexibility index (Phi) is 7.40. The molecule has 0 atom stereocenters. The fourth-order valence-electron chi connectivity index (χ4n) is 4.24. The van der Waals surface area contributed by atoms with Crippen molar-refractivity contribution in [2.24, 2.45) is 0 Å². The number of carbonyl (C=O) groups is 3. The zero-order chi connectivity index (χ0) is 24.8. The van der Waals surface area contributed by atoms with Gasteiger partial charge in [0.15, 0.2) is 0 Å². The Morgan fingerprint density at radius 2 is 1.57 bits per heavy atom. The molecule has 0 bridgehead atoms. The highest BCUT2D eigenvalue weighted by molar-refractivity contribution is 5.94. The summed E-state index contributed by atoms with van der Waals surface area (Å²) in [6.07, 6.45) is 0.722. The number of carboxylic acid groups (broad SMARTS) is 1. The molecule has 0 saturated heterocycles. The normalized spacial score (nSPS) is 11.9. The van der Waals surface area contributed by atoms with Gasteiger partial charge in [0.05, 0.1) is 5.56 Å². The number of halogens is 1. The van der Waals surface area contributed by atoms with Crippen LogP contribution in [0.15, 0.2) is 66.7 Å². The summed E-state index contributed by atoms with van der Waals surface area (Å²) in [5.41, 5.74) is 4.32. The Hall–Kier alpha value is -4.20. The Balaban J connectivity index is 1.17. The molecule has 3 N–H and O–H groups in total. The van der Waals surface area contributed by atoms with Crippen molar-refractivity contribution in [1.82, 2.24) is 5.32 Å². The molecule has 0 fully saturated rings. The van der Waals surface area contributed by atoms with Gasteiger partial charge in [-0.2, -0.15) is 0 Å². The summed E-state index contributed by atoms with van der Waals surface area (Å²) in [5.74, 6) is -2.60. The second-order valence-electron chi connectivity index (χ2n) is 8.26. The zero-order valence-electron chi connectivity index (χ0n) is 18.9. The summed E-state index contributed by atoms with van der Waals surface area (Å²) in [7, 11) is 0. The van der Waals surface area contributed by atoms with Gasteiger partial charge in [0.2, 0.25) is 5.91 Å². The van der Waals surface area contributed by atoms with Crippen molar-refractivity contribution in [3.8, 4) is 11.1 Å². The molecule has 0 saturated carbocycles. The highest BCUT2D eigenvalue weighted by Crippen LogP contribution is 2.44. The number of benzene rings is 3. The van der Waals surface area contributed by atoms with Crippen LogP contribution in [0.4, 0.5) is 14.9 Å². The van der Waals surface area contributed by atoms with Gasteiger partial charge < -0.3 is 20.5 Å². The van der Waals surface area contributed by atoms with Gasteiger partial charge in [-0.1, -0.05) is 48.5 Å². The minimum Gasteiger partial charge on any atom is -0.478 e. The largest absolute Gasteiger partial charge is 0.478 e. The van der Waals surface area contributed by atoms with Crippen LogP contribution in [0.5, 0.6) is 0 Å². The first kappa shape index (κ1) is 23.9. The first-order chi connectivity index (χ1) is 16.9. The number of unbranched alkanes of at least 4 members (excludes halogenated alkanes) is 1. The SMILES string of the molecule is O=C(CCCCNC(=O)OCC1c2ccccc2-c2ccccc21)Nc1ccc(F)c(C(=O)O)c1. The lowest BCUT2D eigenvalue weighted by atomic mass is 9.98. The maximum absolute atomic E-state index is 13.4. The van der Waals surface area contributed by atoms with Crippen molar-refractivity contribution in [2.45, 2.75) is 25.2 Å². The number of aromatic carboxylic acids is 1. The average Bonchev–Trinajstić information content (AvgIpc) is 3.17. The smallest absolute Gasteiger partial charge is 0.407 e. The van der Waals surface area contributed by atoms with Gasteiger partial charge in [-0.25, -0.2) is 14.0 Å². The highest BCUT2D eigenvalue weighted by Gasteiger charge is 2.28. The van der Waals surface area contributed by atoms with Gasteiger partial charge in [0.25, 0.3) is 0 Å². The standard InChI is InChI=1S/C27H25FN2O5/c28-24-13-12-17(15-22(24)26(32)33)30-25(31)11-5-6-14-29-27(34)35-16-23-20-9-3-1-7-18(20)19-8-2-4-10-21(19)23/h1-4,7-10,12-13,15,23H,5-6,11,14,16H2,(H,29,34)(H,30,31)(H,32,33). The summed E-state index contributed by atoms with van der Waals surface area (Å²) in [5, 5.41) is 14.2. The topological polar surface area (TPSA) is 105 Å². The third-order valence-corrected chi connectivity index (χ3v) is 5.92. The molecule has 1 aliphatic carbocycles. The molecule has 4 rings (SSSR count). The van der Waals surface area contributed by atoms with E-state index in [0.717, 1.165) is 34.4 Å². The van der Waals surface area contributed by atoms with Gasteiger partial charge in [0, 0.05) is 24.6 Å². The third-order valence-electron chi connectivity index (χ3n) is 5.92. The molecular formula is C27H25FN2O5. The molecule has 8 heteroatoms. The Morgan fingerprint density at radius 1 is 0.914 bits per heavy atom. The number of rotatable bonds is 9. The number of hydrogen-bond donors (Lipinski definition) is 3. The lowest BCUT2D eigenvalue weighted by molar-refractivity contribution is -0.116. The first-order valence-corrected chi connectivity index (χ1v) is 11.4. The average molecular weight is 477 g/mol. The Morgan fingerprint density at radius 3 is 2.23 bits per heavy atom. The number of alkyl carbamates (subject to hydrolysis) is 1. The number of carbonyl (C=O) groups excluding carboxylic acids is 2. The van der Waals surface area contributed by atoms with Gasteiger partial charge in [-0.05, 0) is 53.3 Å². The molecule has 7 nitrogen and oxygen atoms in total. The van der Waals surface area contributed by atoms with E-state index in [0.29, 0.717) is 19.4 Å². The third kappa shape index (κ3) is 5.66. The number of hydrogen-bond acceptors (Lipinski definition) is 4. The molecule has 0 unspecified atom stereocenters. The molecule has 2 amide bonds. The molecule has 1 aliphatic rings. The van der Waals surface area contributed by atoms with Crippen LogP contribution in [0.3, 0.4) is 0 Å². The van der Waals surface area contributed by atoms with E-state index < -0.39 is 23.4 Å². The zero-order valence-corrected chi connectivity index (χ0v) is 18.9. The summed E-state index contributed by atoms with van der Waals surface area (Å²) in [6.45, 7) is 0.585. The predicted molar refractivity (Wildman–Crippen MR) is 129 cm³/mol. The van der Waals surface area contributed by atoms with Crippen LogP contribution < -0.4 is 10.6 Å². The summed E-state index contributed by atoms with van der Waals surface area (Å²) >= 11 is 0. The number of carboxylic acids is 1. The fraction of sp³-hybridized carbons (Fsp3) is 0.222. The van der Waals surface area contributed by atoms with E-state index in [4.69, 9.17) is 9.84 Å². The van der Waals surface area contributed by atoms with Crippen molar-refractivity contribution in [3.63, 3.8) is 0 Å². The molecule has 0 radical (unpaired) electrons. The number of ether oxygens (including phenoxy) is 1. The Labute approximate surface area is 201 Å². The van der Waals surface area contributed by atoms with E-state index in [1.165, 1.54) is 6.07 Å². The highest BCUT2D eigenvalue weighted by atomic mass is 19.1. The number of anilines is 1. The summed E-state index contributed by atoms with van der Waals surface area (Å²) in [6, 6.07) is 19.6. The second-order valence-corrected chi connectivity index (χ2v) is 8.26. The summed E-state index contributed by atoms with van der Waals surface area (Å²) in [4.78, 5) is 35.2. The van der Waals surface area contributed by atoms with Crippen LogP contribution in [-0.2, 0) is 9.53 Å². The van der Waals surface area contributed by atoms with Crippen molar-refractivity contribution in [2.75, 3.05) is 18.5 Å². The van der Waals surface area contributed by atoms with Crippen molar-refractivity contribution in [1.29, 1.82) is 0 Å². The molecule has 0 aliphatic heterocycles. The molecular weight excluding hydrogens is 451 g/mol. The molecule has 3 aromatic carbocycles. The minimum absolute atomic E-state index is 0.00931. The van der Waals surface area contributed by atoms with Crippen molar-refractivity contribution < 1.29 is 28.6 Å². The molecule has 0 spiro atoms. The lowest BCUT2D eigenvalue weighted by Crippen LogP contribution is -2.27. The maximum atomic E-state index is 13.4. The molecule has 3 aromatic rings. The van der Waals surface area contributed by atoms with Gasteiger partial charge in [-0.3, -0.25) is 4.79 Å². The monoisotopic (exact) mass is 476 g/mol. The van der Waals surface area contributed by atoms with E-state index in [1.807, 2.05) is 24.3 Å². The van der Waals surface area contributed by atoms with E-state index in [9.17, 15) is 18.8 Å². The Bertz CT molecular complexity index is 1210. The van der Waals surface area contributed by atoms with Crippen LogP contribution in [0.25, 0.3) is 11.1 Å². The fourth-order valence-corrected chi connectivity index (χ4v) is 4.24. The maximum Gasteiger partial charge on any atom is 0.407 e. The van der Waals surface area contributed by atoms with Crippen LogP contribution in [0, 0.1) is 5.82 Å². The first-order valence-electron chi connectivity index (χ1n) is 11.4. The van der Waals surface area contributed by atoms with Crippen LogP contribution in [0.1, 0.15) is 46.7 Å². The minimum atomic E-state index is -1.40. The number of amides is 2. The van der Waals surface area contributed by atoms with Crippen molar-refractivity contribution >= 4 is 23.7 Å². The molecule has 35 heavy (non-hydrogen) atoms. The van der Waals surface area contributed by atoms with Crippen LogP contribution >= 0.6 is 0 Å². The van der Waals surface area contributed by atoms with Crippen LogP contribution in [-0.4, -0.2) is 36.2 Å². The van der Waals surface area contributed by atoms with Gasteiger partial charge >= 0.3 is 12.1 Å². The molecule has 180 valence electrons. The van der Waals surface area contributed by atoms with E-state index in [-0.39, 0.29) is 30.5 Å². The number of fused-ring (bicyclic) bond motifs is 3. The van der Waals surface area contributed by atoms with E-state index in [1.54, 1.807) is 0 Å². The van der Waals surface area contributed by atoms with E-state index in [2.05, 4.69) is 34.9 Å². The molecule has 0 heterocycles. The lowest BCUT2D eigenvalue weighted by Gasteiger charge is -2.14.